The van der Waals surface area contributed by atoms with Crippen molar-refractivity contribution in [2.24, 2.45) is 5.92 Å². The van der Waals surface area contributed by atoms with E-state index in [9.17, 15) is 4.39 Å². The van der Waals surface area contributed by atoms with Crippen LogP contribution in [0.2, 0.25) is 0 Å². The van der Waals surface area contributed by atoms with Crippen molar-refractivity contribution < 1.29 is 9.13 Å². The number of halogens is 1. The molecule has 1 fully saturated rings. The van der Waals surface area contributed by atoms with E-state index < -0.39 is 5.82 Å². The van der Waals surface area contributed by atoms with Crippen molar-refractivity contribution in [2.75, 3.05) is 6.61 Å². The Kier molecular flexibility index (Phi) is 9.27. The van der Waals surface area contributed by atoms with Crippen LogP contribution in [0, 0.1) is 23.1 Å². The number of nitriles is 1. The van der Waals surface area contributed by atoms with Crippen molar-refractivity contribution >= 4 is 0 Å². The summed E-state index contributed by atoms with van der Waals surface area (Å²) in [4.78, 5) is 9.32. The number of hydrogen-bond acceptors (Lipinski definition) is 4. The number of aromatic nitrogens is 2. The van der Waals surface area contributed by atoms with Crippen LogP contribution >= 0.6 is 0 Å². The van der Waals surface area contributed by atoms with Gasteiger partial charge in [0.2, 0.25) is 0 Å². The normalized spacial score (nSPS) is 18.5. The van der Waals surface area contributed by atoms with Gasteiger partial charge in [-0.1, -0.05) is 39.0 Å². The summed E-state index contributed by atoms with van der Waals surface area (Å²) < 4.78 is 19.6. The predicted octanol–water partition coefficient (Wildman–Crippen LogP) is 6.74. The minimum atomic E-state index is -0.470. The molecule has 0 atom stereocenters. The summed E-state index contributed by atoms with van der Waals surface area (Å²) in [7, 11) is 0. The van der Waals surface area contributed by atoms with Gasteiger partial charge in [-0.05, 0) is 68.2 Å². The van der Waals surface area contributed by atoms with E-state index in [-0.39, 0.29) is 5.75 Å². The van der Waals surface area contributed by atoms with Gasteiger partial charge in [0, 0.05) is 18.3 Å². The van der Waals surface area contributed by atoms with Crippen molar-refractivity contribution in [3.05, 3.63) is 53.4 Å². The molecule has 5 heteroatoms. The first-order valence-electron chi connectivity index (χ1n) is 11.8. The SMILES string of the molecule is CCCCCCCCc1cnc(C2CCC(COc3ccc(C#N)cc3F)CC2)nc1. The van der Waals surface area contributed by atoms with Crippen LogP contribution in [0.4, 0.5) is 4.39 Å². The average molecular weight is 424 g/mol. The first kappa shape index (κ1) is 23.2. The van der Waals surface area contributed by atoms with Crippen molar-refractivity contribution in [1.29, 1.82) is 5.26 Å². The van der Waals surface area contributed by atoms with Crippen LogP contribution < -0.4 is 4.74 Å². The molecule has 1 heterocycles. The molecule has 0 unspecified atom stereocenters. The Labute approximate surface area is 185 Å². The maximum atomic E-state index is 14.0. The first-order valence-corrected chi connectivity index (χ1v) is 11.8. The highest BCUT2D eigenvalue weighted by atomic mass is 19.1. The van der Waals surface area contributed by atoms with Crippen LogP contribution in [0.3, 0.4) is 0 Å². The van der Waals surface area contributed by atoms with Gasteiger partial charge in [0.15, 0.2) is 11.6 Å². The number of hydrogen-bond donors (Lipinski definition) is 0. The Morgan fingerprint density at radius 3 is 2.42 bits per heavy atom. The van der Waals surface area contributed by atoms with E-state index in [1.807, 2.05) is 18.5 Å². The highest BCUT2D eigenvalue weighted by Crippen LogP contribution is 2.34. The summed E-state index contributed by atoms with van der Waals surface area (Å²) >= 11 is 0. The lowest BCUT2D eigenvalue weighted by Gasteiger charge is -2.27. The summed E-state index contributed by atoms with van der Waals surface area (Å²) in [5.41, 5.74) is 1.55. The molecule has 0 radical (unpaired) electrons. The molecule has 0 bridgehead atoms. The van der Waals surface area contributed by atoms with Crippen LogP contribution in [0.5, 0.6) is 5.75 Å². The van der Waals surface area contributed by atoms with Gasteiger partial charge in [-0.2, -0.15) is 5.26 Å². The number of unbranched alkanes of at least 4 members (excludes halogenated alkanes) is 5. The molecule has 1 saturated carbocycles. The van der Waals surface area contributed by atoms with Crippen molar-refractivity contribution in [1.82, 2.24) is 9.97 Å². The largest absolute Gasteiger partial charge is 0.490 e. The maximum absolute atomic E-state index is 14.0. The Hall–Kier alpha value is -2.48. The second-order valence-electron chi connectivity index (χ2n) is 8.75. The van der Waals surface area contributed by atoms with E-state index in [1.54, 1.807) is 12.1 Å². The number of benzene rings is 1. The summed E-state index contributed by atoms with van der Waals surface area (Å²) in [6.45, 7) is 2.76. The molecule has 0 N–H and O–H groups in total. The molecular weight excluding hydrogens is 389 g/mol. The van der Waals surface area contributed by atoms with E-state index in [0.29, 0.717) is 24.0 Å². The summed E-state index contributed by atoms with van der Waals surface area (Å²) in [6, 6.07) is 6.29. The van der Waals surface area contributed by atoms with E-state index in [1.165, 1.54) is 50.2 Å². The lowest BCUT2D eigenvalue weighted by atomic mass is 9.82. The molecule has 0 aliphatic heterocycles. The fourth-order valence-corrected chi connectivity index (χ4v) is 4.30. The average Bonchev–Trinajstić information content (AvgIpc) is 2.81. The fourth-order valence-electron chi connectivity index (χ4n) is 4.30. The highest BCUT2D eigenvalue weighted by Gasteiger charge is 2.25. The van der Waals surface area contributed by atoms with Gasteiger partial charge in [-0.15, -0.1) is 0 Å². The third kappa shape index (κ3) is 7.31. The molecule has 1 aliphatic carbocycles. The molecule has 4 nitrogen and oxygen atoms in total. The molecule has 0 spiro atoms. The van der Waals surface area contributed by atoms with Gasteiger partial charge in [-0.25, -0.2) is 14.4 Å². The van der Waals surface area contributed by atoms with Crippen LogP contribution in [0.25, 0.3) is 0 Å². The number of rotatable bonds is 11. The van der Waals surface area contributed by atoms with E-state index in [4.69, 9.17) is 10.00 Å². The molecule has 1 aromatic heterocycles. The van der Waals surface area contributed by atoms with Gasteiger partial charge in [0.05, 0.1) is 18.2 Å². The number of aryl methyl sites for hydroxylation is 1. The Bertz CT molecular complexity index is 839. The van der Waals surface area contributed by atoms with Gasteiger partial charge >= 0.3 is 0 Å². The van der Waals surface area contributed by atoms with Gasteiger partial charge in [0.25, 0.3) is 0 Å². The number of nitrogens with zero attached hydrogens (tertiary/aromatic N) is 3. The minimum absolute atomic E-state index is 0.227. The molecule has 1 aromatic carbocycles. The van der Waals surface area contributed by atoms with Crippen molar-refractivity contribution in [2.45, 2.75) is 83.5 Å². The summed E-state index contributed by atoms with van der Waals surface area (Å²) in [5, 5.41) is 8.83. The third-order valence-corrected chi connectivity index (χ3v) is 6.29. The zero-order chi connectivity index (χ0) is 21.9. The smallest absolute Gasteiger partial charge is 0.166 e. The van der Waals surface area contributed by atoms with E-state index in [0.717, 1.165) is 37.9 Å². The van der Waals surface area contributed by atoms with Gasteiger partial charge in [0.1, 0.15) is 5.82 Å². The van der Waals surface area contributed by atoms with Gasteiger partial charge in [-0.3, -0.25) is 0 Å². The fraction of sp³-hybridized carbons (Fsp3) is 0.577. The lowest BCUT2D eigenvalue weighted by molar-refractivity contribution is 0.192. The van der Waals surface area contributed by atoms with E-state index >= 15 is 0 Å². The zero-order valence-electron chi connectivity index (χ0n) is 18.7. The molecule has 0 saturated heterocycles. The van der Waals surface area contributed by atoms with Crippen LogP contribution in [-0.4, -0.2) is 16.6 Å². The first-order chi connectivity index (χ1) is 15.2. The molecule has 3 rings (SSSR count). The Morgan fingerprint density at radius 1 is 1.03 bits per heavy atom. The summed E-state index contributed by atoms with van der Waals surface area (Å²) in [5.74, 6) is 1.54. The van der Waals surface area contributed by atoms with E-state index in [2.05, 4.69) is 16.9 Å². The topological polar surface area (TPSA) is 58.8 Å². The van der Waals surface area contributed by atoms with Crippen molar-refractivity contribution in [3.63, 3.8) is 0 Å². The standard InChI is InChI=1S/C26H34FN3O/c1-2-3-4-5-6-7-8-22-17-29-26(30-18-22)23-12-9-20(10-13-23)19-31-25-14-11-21(16-28)15-24(25)27/h11,14-15,17-18,20,23H,2-10,12-13,19H2,1H3. The zero-order valence-corrected chi connectivity index (χ0v) is 18.7. The predicted molar refractivity (Wildman–Crippen MR) is 120 cm³/mol. The molecule has 166 valence electrons. The molecule has 1 aliphatic rings. The maximum Gasteiger partial charge on any atom is 0.166 e. The highest BCUT2D eigenvalue weighted by molar-refractivity contribution is 5.36. The monoisotopic (exact) mass is 423 g/mol. The molecule has 2 aromatic rings. The van der Waals surface area contributed by atoms with Crippen molar-refractivity contribution in [3.8, 4) is 11.8 Å². The second-order valence-corrected chi connectivity index (χ2v) is 8.75. The second kappa shape index (κ2) is 12.4. The number of ether oxygens (including phenoxy) is 1. The quantitative estimate of drug-likeness (QED) is 0.375. The Balaban J connectivity index is 1.38. The third-order valence-electron chi connectivity index (χ3n) is 6.29. The van der Waals surface area contributed by atoms with Crippen LogP contribution in [0.1, 0.15) is 94.0 Å². The Morgan fingerprint density at radius 2 is 1.74 bits per heavy atom. The van der Waals surface area contributed by atoms with Crippen LogP contribution in [-0.2, 0) is 6.42 Å². The van der Waals surface area contributed by atoms with Gasteiger partial charge < -0.3 is 4.74 Å². The lowest BCUT2D eigenvalue weighted by Crippen LogP contribution is -2.20. The summed E-state index contributed by atoms with van der Waals surface area (Å²) in [6.07, 6.45) is 17.1. The molecular formula is C26H34FN3O. The molecule has 31 heavy (non-hydrogen) atoms. The minimum Gasteiger partial charge on any atom is -0.490 e. The molecule has 0 amide bonds. The van der Waals surface area contributed by atoms with Crippen LogP contribution in [0.15, 0.2) is 30.6 Å².